The van der Waals surface area contributed by atoms with Crippen LogP contribution in [-0.4, -0.2) is 38.9 Å². The Labute approximate surface area is 122 Å². The lowest BCUT2D eigenvalue weighted by molar-refractivity contribution is 0.435. The molecule has 2 atom stereocenters. The molecule has 1 N–H and O–H groups in total. The Morgan fingerprint density at radius 2 is 1.75 bits per heavy atom. The predicted octanol–water partition coefficient (Wildman–Crippen LogP) is 1.23. The van der Waals surface area contributed by atoms with Gasteiger partial charge in [0, 0.05) is 13.1 Å². The monoisotopic (exact) mass is 324 g/mol. The lowest BCUT2D eigenvalue weighted by Gasteiger charge is -2.17. The van der Waals surface area contributed by atoms with Crippen molar-refractivity contribution in [2.24, 2.45) is 11.8 Å². The summed E-state index contributed by atoms with van der Waals surface area (Å²) >= 11 is 0. The van der Waals surface area contributed by atoms with Gasteiger partial charge in [-0.1, -0.05) is 6.07 Å². The van der Waals surface area contributed by atoms with E-state index in [1.807, 2.05) is 0 Å². The summed E-state index contributed by atoms with van der Waals surface area (Å²) in [6.07, 6.45) is 0. The highest BCUT2D eigenvalue weighted by Gasteiger charge is 2.42. The summed E-state index contributed by atoms with van der Waals surface area (Å²) in [6.45, 7) is 2.30. The maximum absolute atomic E-state index is 13.6. The van der Waals surface area contributed by atoms with E-state index in [0.29, 0.717) is 13.1 Å². The summed E-state index contributed by atoms with van der Waals surface area (Å²) in [7, 11) is -3.94. The Bertz CT molecular complexity index is 599. The van der Waals surface area contributed by atoms with Crippen molar-refractivity contribution in [1.29, 1.82) is 0 Å². The third kappa shape index (κ3) is 2.43. The smallest absolute Gasteiger partial charge is 0.246 e. The molecule has 3 rings (SSSR count). The SMILES string of the molecule is Cl.O=S(=O)(c1cccc(F)c1F)N1C[C@H]2CNC[C@H]2C1. The van der Waals surface area contributed by atoms with E-state index in [2.05, 4.69) is 5.32 Å². The average molecular weight is 325 g/mol. The van der Waals surface area contributed by atoms with Crippen molar-refractivity contribution in [2.45, 2.75) is 4.90 Å². The second-order valence-electron chi connectivity index (χ2n) is 5.05. The molecule has 0 bridgehead atoms. The zero-order chi connectivity index (χ0) is 13.6. The van der Waals surface area contributed by atoms with E-state index in [1.54, 1.807) is 0 Å². The zero-order valence-corrected chi connectivity index (χ0v) is 12.2. The van der Waals surface area contributed by atoms with E-state index >= 15 is 0 Å². The molecule has 0 aliphatic carbocycles. The molecule has 0 radical (unpaired) electrons. The Morgan fingerprint density at radius 3 is 2.35 bits per heavy atom. The van der Waals surface area contributed by atoms with Gasteiger partial charge in [0.1, 0.15) is 4.90 Å². The molecule has 8 heteroatoms. The maximum atomic E-state index is 13.6. The molecule has 0 amide bonds. The van der Waals surface area contributed by atoms with Gasteiger partial charge in [-0.2, -0.15) is 4.31 Å². The van der Waals surface area contributed by atoms with Crippen LogP contribution in [0.25, 0.3) is 0 Å². The van der Waals surface area contributed by atoms with Crippen molar-refractivity contribution in [2.75, 3.05) is 26.2 Å². The van der Waals surface area contributed by atoms with Gasteiger partial charge in [0.05, 0.1) is 0 Å². The number of sulfonamides is 1. The minimum absolute atomic E-state index is 0. The van der Waals surface area contributed by atoms with Gasteiger partial charge in [0.2, 0.25) is 10.0 Å². The molecular formula is C12H15ClF2N2O2S. The van der Waals surface area contributed by atoms with Gasteiger partial charge < -0.3 is 5.32 Å². The van der Waals surface area contributed by atoms with E-state index < -0.39 is 26.6 Å². The number of hydrogen-bond acceptors (Lipinski definition) is 3. The predicted molar refractivity (Wildman–Crippen MR) is 72.2 cm³/mol. The molecule has 4 nitrogen and oxygen atoms in total. The Hall–Kier alpha value is -0.760. The third-order valence-corrected chi connectivity index (χ3v) is 5.74. The largest absolute Gasteiger partial charge is 0.316 e. The fourth-order valence-electron chi connectivity index (χ4n) is 2.83. The van der Waals surface area contributed by atoms with Gasteiger partial charge >= 0.3 is 0 Å². The molecule has 2 aliphatic heterocycles. The highest BCUT2D eigenvalue weighted by atomic mass is 35.5. The lowest BCUT2D eigenvalue weighted by atomic mass is 10.0. The van der Waals surface area contributed by atoms with Crippen molar-refractivity contribution < 1.29 is 17.2 Å². The number of rotatable bonds is 2. The number of nitrogens with one attached hydrogen (secondary N) is 1. The summed E-state index contributed by atoms with van der Waals surface area (Å²) in [5.41, 5.74) is 0. The van der Waals surface area contributed by atoms with Gasteiger partial charge in [-0.3, -0.25) is 0 Å². The highest BCUT2D eigenvalue weighted by molar-refractivity contribution is 7.89. The van der Waals surface area contributed by atoms with Crippen molar-refractivity contribution in [1.82, 2.24) is 9.62 Å². The third-order valence-electron chi connectivity index (χ3n) is 3.89. The molecule has 20 heavy (non-hydrogen) atoms. The van der Waals surface area contributed by atoms with E-state index in [0.717, 1.165) is 25.2 Å². The van der Waals surface area contributed by atoms with Gasteiger partial charge in [-0.25, -0.2) is 17.2 Å². The Kier molecular flexibility index (Phi) is 4.34. The van der Waals surface area contributed by atoms with Gasteiger partial charge in [-0.05, 0) is 37.1 Å². The van der Waals surface area contributed by atoms with Crippen LogP contribution in [0.4, 0.5) is 8.78 Å². The van der Waals surface area contributed by atoms with Crippen molar-refractivity contribution in [3.63, 3.8) is 0 Å². The summed E-state index contributed by atoms with van der Waals surface area (Å²) in [5.74, 6) is -1.89. The van der Waals surface area contributed by atoms with Crippen molar-refractivity contribution in [3.8, 4) is 0 Å². The summed E-state index contributed by atoms with van der Waals surface area (Å²) < 4.78 is 52.7. The molecule has 0 spiro atoms. The summed E-state index contributed by atoms with van der Waals surface area (Å²) in [4.78, 5) is -0.569. The molecule has 0 saturated carbocycles. The second kappa shape index (κ2) is 5.55. The topological polar surface area (TPSA) is 49.4 Å². The van der Waals surface area contributed by atoms with Gasteiger partial charge in [0.25, 0.3) is 0 Å². The van der Waals surface area contributed by atoms with E-state index in [-0.39, 0.29) is 24.2 Å². The Balaban J connectivity index is 0.00000147. The average Bonchev–Trinajstić information content (AvgIpc) is 2.92. The normalized spacial score (nSPS) is 26.3. The van der Waals surface area contributed by atoms with Crippen LogP contribution in [0.1, 0.15) is 0 Å². The first-order chi connectivity index (χ1) is 9.00. The fourth-order valence-corrected chi connectivity index (χ4v) is 4.46. The molecule has 0 unspecified atom stereocenters. The zero-order valence-electron chi connectivity index (χ0n) is 10.6. The van der Waals surface area contributed by atoms with Crippen LogP contribution in [-0.2, 0) is 10.0 Å². The molecule has 2 fully saturated rings. The molecule has 2 aliphatic rings. The minimum Gasteiger partial charge on any atom is -0.316 e. The van der Waals surface area contributed by atoms with Crippen LogP contribution in [0.15, 0.2) is 23.1 Å². The quantitative estimate of drug-likeness (QED) is 0.890. The van der Waals surface area contributed by atoms with Crippen molar-refractivity contribution >= 4 is 22.4 Å². The molecule has 0 aromatic heterocycles. The van der Waals surface area contributed by atoms with Crippen LogP contribution in [0.3, 0.4) is 0 Å². The Morgan fingerprint density at radius 1 is 1.15 bits per heavy atom. The molecule has 2 heterocycles. The maximum Gasteiger partial charge on any atom is 0.246 e. The second-order valence-corrected chi connectivity index (χ2v) is 6.96. The van der Waals surface area contributed by atoms with Crippen molar-refractivity contribution in [3.05, 3.63) is 29.8 Å². The first-order valence-electron chi connectivity index (χ1n) is 6.15. The van der Waals surface area contributed by atoms with Crippen LogP contribution in [0.5, 0.6) is 0 Å². The number of halogens is 3. The molecular weight excluding hydrogens is 310 g/mol. The number of nitrogens with zero attached hydrogens (tertiary/aromatic N) is 1. The lowest BCUT2D eigenvalue weighted by Crippen LogP contribution is -2.32. The minimum atomic E-state index is -3.94. The first kappa shape index (κ1) is 15.6. The number of hydrogen-bond donors (Lipinski definition) is 1. The molecule has 1 aromatic rings. The van der Waals surface area contributed by atoms with Gasteiger partial charge in [0.15, 0.2) is 11.6 Å². The van der Waals surface area contributed by atoms with Crippen LogP contribution in [0.2, 0.25) is 0 Å². The van der Waals surface area contributed by atoms with E-state index in [4.69, 9.17) is 0 Å². The van der Waals surface area contributed by atoms with E-state index in [9.17, 15) is 17.2 Å². The molecule has 112 valence electrons. The van der Waals surface area contributed by atoms with Crippen LogP contribution in [0, 0.1) is 23.5 Å². The van der Waals surface area contributed by atoms with Gasteiger partial charge in [-0.15, -0.1) is 12.4 Å². The summed E-state index contributed by atoms with van der Waals surface area (Å²) in [5, 5.41) is 3.20. The fraction of sp³-hybridized carbons (Fsp3) is 0.500. The first-order valence-corrected chi connectivity index (χ1v) is 7.59. The number of fused-ring (bicyclic) bond motifs is 1. The summed E-state index contributed by atoms with van der Waals surface area (Å²) in [6, 6.07) is 3.24. The number of benzene rings is 1. The molecule has 1 aromatic carbocycles. The standard InChI is InChI=1S/C12H14F2N2O2S.ClH/c13-10-2-1-3-11(12(10)14)19(17,18)16-6-8-4-15-5-9(8)7-16;/h1-3,8-9,15H,4-7H2;1H/t8-,9+;. The van der Waals surface area contributed by atoms with Crippen LogP contribution >= 0.6 is 12.4 Å². The van der Waals surface area contributed by atoms with Crippen LogP contribution < -0.4 is 5.32 Å². The van der Waals surface area contributed by atoms with E-state index in [1.165, 1.54) is 10.4 Å². The highest BCUT2D eigenvalue weighted by Crippen LogP contribution is 2.31. The molecule has 2 saturated heterocycles.